The van der Waals surface area contributed by atoms with E-state index in [-0.39, 0.29) is 0 Å². The minimum Gasteiger partial charge on any atom is -0.301 e. The van der Waals surface area contributed by atoms with Crippen molar-refractivity contribution in [1.29, 1.82) is 0 Å². The summed E-state index contributed by atoms with van der Waals surface area (Å²) >= 11 is 0. The molecule has 0 fully saturated rings. The fraction of sp³-hybridized carbons (Fsp3) is 0.400. The summed E-state index contributed by atoms with van der Waals surface area (Å²) < 4.78 is 17.0. The average molecular weight is 291 g/mol. The van der Waals surface area contributed by atoms with Crippen molar-refractivity contribution in [3.05, 3.63) is 41.7 Å². The van der Waals surface area contributed by atoms with Crippen molar-refractivity contribution in [2.75, 3.05) is 20.3 Å². The fourth-order valence-corrected chi connectivity index (χ4v) is 5.03. The van der Waals surface area contributed by atoms with E-state index in [0.717, 1.165) is 22.4 Å². The first-order chi connectivity index (χ1) is 9.41. The summed E-state index contributed by atoms with van der Waals surface area (Å²) in [5.74, 6) is 0. The number of nitrogens with zero attached hydrogens (tertiary/aromatic N) is 3. The molecular formula is C15H22N3OP. The predicted octanol–water partition coefficient (Wildman–Crippen LogP) is 2.97. The topological polar surface area (TPSA) is 38.1 Å². The van der Waals surface area contributed by atoms with Gasteiger partial charge in [0, 0.05) is 6.16 Å². The highest BCUT2D eigenvalue weighted by Gasteiger charge is 2.32. The van der Waals surface area contributed by atoms with Crippen molar-refractivity contribution in [3.8, 4) is 5.69 Å². The molecule has 0 bridgehead atoms. The van der Waals surface area contributed by atoms with Crippen LogP contribution >= 0.6 is 7.29 Å². The van der Waals surface area contributed by atoms with Gasteiger partial charge in [-0.15, -0.1) is 0 Å². The zero-order chi connectivity index (χ0) is 14.9. The summed E-state index contributed by atoms with van der Waals surface area (Å²) in [7, 11) is 1.21. The molecule has 1 aromatic carbocycles. The Morgan fingerprint density at radius 2 is 1.80 bits per heavy atom. The summed E-state index contributed by atoms with van der Waals surface area (Å²) in [6.45, 7) is 5.90. The summed E-state index contributed by atoms with van der Waals surface area (Å²) in [6, 6.07) is 9.96. The molecule has 1 aromatic heterocycles. The summed E-state index contributed by atoms with van der Waals surface area (Å²) in [6.07, 6.45) is 0.613. The highest BCUT2D eigenvalue weighted by atomic mass is 31.2. The largest absolute Gasteiger partial charge is 0.301 e. The molecule has 1 heterocycles. The van der Waals surface area contributed by atoms with Crippen LogP contribution in [-0.2, 0) is 4.57 Å². The highest BCUT2D eigenvalue weighted by Crippen LogP contribution is 2.47. The van der Waals surface area contributed by atoms with Crippen LogP contribution in [0.5, 0.6) is 0 Å². The third kappa shape index (κ3) is 2.34. The predicted molar refractivity (Wildman–Crippen MR) is 84.5 cm³/mol. The Labute approximate surface area is 120 Å². The monoisotopic (exact) mass is 291 g/mol. The lowest BCUT2D eigenvalue weighted by Crippen LogP contribution is -2.23. The van der Waals surface area contributed by atoms with E-state index in [0.29, 0.717) is 6.16 Å². The van der Waals surface area contributed by atoms with Crippen LogP contribution in [0.4, 0.5) is 0 Å². The zero-order valence-corrected chi connectivity index (χ0v) is 13.7. The lowest BCUT2D eigenvalue weighted by molar-refractivity contribution is 0.525. The summed E-state index contributed by atoms with van der Waals surface area (Å²) in [5.41, 5.74) is 2.82. The van der Waals surface area contributed by atoms with Gasteiger partial charge in [0.1, 0.15) is 0 Å². The van der Waals surface area contributed by atoms with E-state index in [4.69, 9.17) is 0 Å². The van der Waals surface area contributed by atoms with E-state index in [9.17, 15) is 4.57 Å². The Morgan fingerprint density at radius 1 is 1.20 bits per heavy atom. The van der Waals surface area contributed by atoms with Crippen LogP contribution in [0.15, 0.2) is 30.3 Å². The van der Waals surface area contributed by atoms with E-state index in [1.165, 1.54) is 0 Å². The van der Waals surface area contributed by atoms with Crippen LogP contribution < -0.4 is 5.30 Å². The van der Waals surface area contributed by atoms with Crippen molar-refractivity contribution in [2.45, 2.75) is 20.8 Å². The van der Waals surface area contributed by atoms with Gasteiger partial charge < -0.3 is 4.57 Å². The van der Waals surface area contributed by atoms with Gasteiger partial charge in [0.15, 0.2) is 7.29 Å². The van der Waals surface area contributed by atoms with Crippen molar-refractivity contribution in [1.82, 2.24) is 14.5 Å². The Hall–Kier alpha value is -1.38. The third-order valence-electron chi connectivity index (χ3n) is 3.68. The van der Waals surface area contributed by atoms with E-state index in [1.807, 2.05) is 74.6 Å². The molecule has 4 nitrogen and oxygen atoms in total. The summed E-state index contributed by atoms with van der Waals surface area (Å²) in [5, 5.41) is 5.49. The van der Waals surface area contributed by atoms with Gasteiger partial charge in [0.2, 0.25) is 0 Å². The number of hydrogen-bond donors (Lipinski definition) is 0. The number of benzene rings is 1. The summed E-state index contributed by atoms with van der Waals surface area (Å²) in [4.78, 5) is 0. The first kappa shape index (κ1) is 15.0. The molecule has 0 aliphatic rings. The Morgan fingerprint density at radius 3 is 2.30 bits per heavy atom. The van der Waals surface area contributed by atoms with Crippen LogP contribution in [0.3, 0.4) is 0 Å². The van der Waals surface area contributed by atoms with Crippen LogP contribution in [0.2, 0.25) is 0 Å². The molecule has 0 N–H and O–H groups in total. The van der Waals surface area contributed by atoms with Crippen molar-refractivity contribution >= 4 is 12.6 Å². The average Bonchev–Trinajstić information content (AvgIpc) is 2.74. The van der Waals surface area contributed by atoms with Gasteiger partial charge >= 0.3 is 0 Å². The van der Waals surface area contributed by atoms with Crippen LogP contribution in [0.25, 0.3) is 5.69 Å². The lowest BCUT2D eigenvalue weighted by Gasteiger charge is -2.24. The van der Waals surface area contributed by atoms with E-state index in [2.05, 4.69) is 5.10 Å². The van der Waals surface area contributed by atoms with Gasteiger partial charge in [-0.3, -0.25) is 4.67 Å². The van der Waals surface area contributed by atoms with E-state index >= 15 is 0 Å². The first-order valence-electron chi connectivity index (χ1n) is 6.81. The van der Waals surface area contributed by atoms with Crippen molar-refractivity contribution in [3.63, 3.8) is 0 Å². The molecule has 0 amide bonds. The second-order valence-corrected chi connectivity index (χ2v) is 8.41. The first-order valence-corrected chi connectivity index (χ1v) is 8.65. The van der Waals surface area contributed by atoms with Gasteiger partial charge in [0.25, 0.3) is 0 Å². The Balaban J connectivity index is 2.64. The second kappa shape index (κ2) is 5.55. The van der Waals surface area contributed by atoms with Gasteiger partial charge in [-0.25, -0.2) is 4.68 Å². The second-order valence-electron chi connectivity index (χ2n) is 5.13. The maximum Gasteiger partial charge on any atom is 0.181 e. The lowest BCUT2D eigenvalue weighted by atomic mass is 10.3. The van der Waals surface area contributed by atoms with Crippen molar-refractivity contribution in [2.24, 2.45) is 0 Å². The Kier molecular flexibility index (Phi) is 4.17. The SMILES string of the molecule is CC[P@@](=O)(c1c(C)nn(-c2ccccc2)c1C)N(C)C. The number of para-hydroxylation sites is 1. The van der Waals surface area contributed by atoms with Crippen molar-refractivity contribution < 1.29 is 4.57 Å². The van der Waals surface area contributed by atoms with Gasteiger partial charge in [-0.1, -0.05) is 25.1 Å². The maximum atomic E-state index is 13.2. The normalized spacial score (nSPS) is 14.5. The zero-order valence-electron chi connectivity index (χ0n) is 12.8. The molecule has 20 heavy (non-hydrogen) atoms. The maximum absolute atomic E-state index is 13.2. The van der Waals surface area contributed by atoms with E-state index < -0.39 is 7.29 Å². The van der Waals surface area contributed by atoms with Crippen LogP contribution in [0.1, 0.15) is 18.3 Å². The quantitative estimate of drug-likeness (QED) is 0.813. The molecule has 0 aliphatic carbocycles. The molecule has 0 radical (unpaired) electrons. The van der Waals surface area contributed by atoms with Crippen LogP contribution in [0, 0.1) is 13.8 Å². The van der Waals surface area contributed by atoms with Crippen LogP contribution in [-0.4, -0.2) is 34.7 Å². The fourth-order valence-electron chi connectivity index (χ4n) is 2.60. The molecule has 5 heteroatoms. The number of hydrogen-bond acceptors (Lipinski definition) is 2. The minimum atomic E-state index is -2.55. The molecule has 0 saturated heterocycles. The van der Waals surface area contributed by atoms with Gasteiger partial charge in [0.05, 0.1) is 22.4 Å². The number of aryl methyl sites for hydroxylation is 1. The molecular weight excluding hydrogens is 269 g/mol. The molecule has 0 spiro atoms. The standard InChI is InChI=1S/C15H22N3OP/c1-6-20(19,17(4)5)15-12(2)16-18(13(15)3)14-10-8-7-9-11-14/h7-11H,6H2,1-5H3/t20-/m1/s1. The Bertz CT molecular complexity index is 647. The molecule has 0 aliphatic heterocycles. The molecule has 108 valence electrons. The minimum absolute atomic E-state index is 0.613. The third-order valence-corrected chi connectivity index (χ3v) is 7.17. The number of rotatable bonds is 4. The van der Waals surface area contributed by atoms with E-state index in [1.54, 1.807) is 0 Å². The molecule has 1 atom stereocenters. The smallest absolute Gasteiger partial charge is 0.181 e. The van der Waals surface area contributed by atoms with Gasteiger partial charge in [-0.05, 0) is 40.1 Å². The molecule has 2 aromatic rings. The molecule has 0 unspecified atom stereocenters. The highest BCUT2D eigenvalue weighted by molar-refractivity contribution is 7.69. The molecule has 2 rings (SSSR count). The molecule has 0 saturated carbocycles. The number of aromatic nitrogens is 2. The van der Waals surface area contributed by atoms with Gasteiger partial charge in [-0.2, -0.15) is 5.10 Å².